The first-order chi connectivity index (χ1) is 11.6. The molecule has 0 aliphatic carbocycles. The van der Waals surface area contributed by atoms with Gasteiger partial charge in [-0.3, -0.25) is 9.78 Å². The maximum Gasteiger partial charge on any atom is 0.219 e. The molecule has 126 valence electrons. The maximum atomic E-state index is 11.0. The number of nitrogens with one attached hydrogen (secondary N) is 1. The largest absolute Gasteiger partial charge is 0.437 e. The third-order valence-corrected chi connectivity index (χ3v) is 3.29. The van der Waals surface area contributed by atoms with Crippen LogP contribution in [0.15, 0.2) is 42.7 Å². The second kappa shape index (κ2) is 8.82. The lowest BCUT2D eigenvalue weighted by Crippen LogP contribution is -2.28. The van der Waals surface area contributed by atoms with Crippen molar-refractivity contribution in [2.75, 3.05) is 0 Å². The number of pyridine rings is 2. The van der Waals surface area contributed by atoms with Crippen molar-refractivity contribution in [3.63, 3.8) is 0 Å². The Bertz CT molecular complexity index is 679. The van der Waals surface area contributed by atoms with Crippen molar-refractivity contribution >= 4 is 12.0 Å². The van der Waals surface area contributed by atoms with Crippen molar-refractivity contribution in [2.45, 2.75) is 39.7 Å². The number of ether oxygens (including phenoxy) is 1. The molecule has 0 saturated carbocycles. The first-order valence-electron chi connectivity index (χ1n) is 8.11. The maximum absolute atomic E-state index is 11.0. The van der Waals surface area contributed by atoms with Crippen molar-refractivity contribution in [2.24, 2.45) is 0 Å². The van der Waals surface area contributed by atoms with Crippen LogP contribution in [0.2, 0.25) is 0 Å². The zero-order chi connectivity index (χ0) is 17.4. The average Bonchev–Trinajstić information content (AvgIpc) is 2.56. The van der Waals surface area contributed by atoms with Crippen LogP contribution in [0.3, 0.4) is 0 Å². The molecule has 0 bridgehead atoms. The van der Waals surface area contributed by atoms with E-state index in [9.17, 15) is 4.79 Å². The molecule has 0 aliphatic heterocycles. The van der Waals surface area contributed by atoms with Gasteiger partial charge in [-0.25, -0.2) is 4.98 Å². The van der Waals surface area contributed by atoms with Gasteiger partial charge in [-0.2, -0.15) is 0 Å². The van der Waals surface area contributed by atoms with Crippen molar-refractivity contribution in [3.05, 3.63) is 54.0 Å². The number of hydrogen-bond donors (Lipinski definition) is 1. The summed E-state index contributed by atoms with van der Waals surface area (Å²) < 4.78 is 5.69. The molecular weight excluding hydrogens is 302 g/mol. The van der Waals surface area contributed by atoms with Crippen LogP contribution < -0.4 is 10.1 Å². The van der Waals surface area contributed by atoms with Crippen LogP contribution in [0.4, 0.5) is 0 Å². The smallest absolute Gasteiger partial charge is 0.219 e. The van der Waals surface area contributed by atoms with E-state index in [4.69, 9.17) is 4.74 Å². The number of rotatable bonds is 7. The van der Waals surface area contributed by atoms with Crippen molar-refractivity contribution in [1.82, 2.24) is 15.3 Å². The van der Waals surface area contributed by atoms with E-state index in [1.807, 2.05) is 43.3 Å². The van der Waals surface area contributed by atoms with Gasteiger partial charge in [-0.05, 0) is 37.1 Å². The highest BCUT2D eigenvalue weighted by molar-refractivity contribution is 5.73. The number of carbonyl (C=O) groups excluding carboxylic acids is 1. The molecule has 0 fully saturated rings. The Balaban J connectivity index is 1.94. The molecule has 2 aromatic heterocycles. The highest BCUT2D eigenvalue weighted by Gasteiger charge is 2.01. The zero-order valence-corrected chi connectivity index (χ0v) is 14.3. The highest BCUT2D eigenvalue weighted by Crippen LogP contribution is 2.19. The fraction of sp³-hybridized carbons (Fsp3) is 0.316. The lowest BCUT2D eigenvalue weighted by molar-refractivity contribution is -0.119. The van der Waals surface area contributed by atoms with Crippen LogP contribution in [0.1, 0.15) is 38.4 Å². The lowest BCUT2D eigenvalue weighted by Gasteiger charge is -2.07. The SMILES string of the molecule is CCCc1ccc(Oc2ccc(/C=C/[C@H](C)NC(C)=O)cn2)cn1. The van der Waals surface area contributed by atoms with Crippen LogP contribution in [0.5, 0.6) is 11.6 Å². The van der Waals surface area contributed by atoms with Gasteiger partial charge in [0.25, 0.3) is 0 Å². The van der Waals surface area contributed by atoms with Crippen molar-refractivity contribution in [1.29, 1.82) is 0 Å². The third kappa shape index (κ3) is 5.83. The molecule has 0 aliphatic rings. The second-order valence-electron chi connectivity index (χ2n) is 5.62. The van der Waals surface area contributed by atoms with Crippen LogP contribution in [-0.4, -0.2) is 21.9 Å². The summed E-state index contributed by atoms with van der Waals surface area (Å²) in [5.41, 5.74) is 2.00. The topological polar surface area (TPSA) is 64.1 Å². The predicted molar refractivity (Wildman–Crippen MR) is 94.9 cm³/mol. The fourth-order valence-corrected chi connectivity index (χ4v) is 2.17. The normalized spacial score (nSPS) is 12.1. The molecule has 0 radical (unpaired) electrons. The quantitative estimate of drug-likeness (QED) is 0.842. The Hall–Kier alpha value is -2.69. The summed E-state index contributed by atoms with van der Waals surface area (Å²) in [4.78, 5) is 19.6. The summed E-state index contributed by atoms with van der Waals surface area (Å²) in [7, 11) is 0. The van der Waals surface area contributed by atoms with Gasteiger partial charge in [0.2, 0.25) is 11.8 Å². The zero-order valence-electron chi connectivity index (χ0n) is 14.3. The molecular formula is C19H23N3O2. The van der Waals surface area contributed by atoms with E-state index >= 15 is 0 Å². The van der Waals surface area contributed by atoms with Gasteiger partial charge in [-0.1, -0.05) is 25.5 Å². The minimum atomic E-state index is -0.0485. The summed E-state index contributed by atoms with van der Waals surface area (Å²) in [5.74, 6) is 1.14. The lowest BCUT2D eigenvalue weighted by atomic mass is 10.2. The number of nitrogens with zero attached hydrogens (tertiary/aromatic N) is 2. The van der Waals surface area contributed by atoms with Crippen LogP contribution in [0.25, 0.3) is 6.08 Å². The summed E-state index contributed by atoms with van der Waals surface area (Å²) in [5, 5.41) is 2.79. The number of aryl methyl sites for hydroxylation is 1. The van der Waals surface area contributed by atoms with Gasteiger partial charge < -0.3 is 10.1 Å². The Labute approximate surface area is 142 Å². The second-order valence-corrected chi connectivity index (χ2v) is 5.62. The summed E-state index contributed by atoms with van der Waals surface area (Å²) in [6.07, 6.45) is 9.31. The first kappa shape index (κ1) is 17.7. The monoisotopic (exact) mass is 325 g/mol. The van der Waals surface area contributed by atoms with Gasteiger partial charge in [0.1, 0.15) is 5.75 Å². The van der Waals surface area contributed by atoms with E-state index in [1.54, 1.807) is 12.4 Å². The molecule has 2 heterocycles. The third-order valence-electron chi connectivity index (χ3n) is 3.29. The van der Waals surface area contributed by atoms with Crippen LogP contribution >= 0.6 is 0 Å². The minimum absolute atomic E-state index is 0.0221. The summed E-state index contributed by atoms with van der Waals surface area (Å²) >= 11 is 0. The molecule has 0 aromatic carbocycles. The van der Waals surface area contributed by atoms with E-state index in [0.717, 1.165) is 24.1 Å². The van der Waals surface area contributed by atoms with E-state index < -0.39 is 0 Å². The molecule has 5 nitrogen and oxygen atoms in total. The summed E-state index contributed by atoms with van der Waals surface area (Å²) in [6, 6.07) is 7.58. The van der Waals surface area contributed by atoms with E-state index in [-0.39, 0.29) is 11.9 Å². The average molecular weight is 325 g/mol. The van der Waals surface area contributed by atoms with Crippen molar-refractivity contribution in [3.8, 4) is 11.6 Å². The predicted octanol–water partition coefficient (Wildman–Crippen LogP) is 3.76. The Morgan fingerprint density at radius 3 is 2.67 bits per heavy atom. The van der Waals surface area contributed by atoms with E-state index in [2.05, 4.69) is 22.2 Å². The molecule has 2 aromatic rings. The van der Waals surface area contributed by atoms with Gasteiger partial charge in [-0.15, -0.1) is 0 Å². The molecule has 0 spiro atoms. The molecule has 0 unspecified atom stereocenters. The van der Waals surface area contributed by atoms with Gasteiger partial charge in [0.15, 0.2) is 0 Å². The Morgan fingerprint density at radius 1 is 1.25 bits per heavy atom. The van der Waals surface area contributed by atoms with Crippen LogP contribution in [0, 0.1) is 0 Å². The van der Waals surface area contributed by atoms with Crippen molar-refractivity contribution < 1.29 is 9.53 Å². The molecule has 1 amide bonds. The molecule has 2 rings (SSSR count). The molecule has 1 atom stereocenters. The molecule has 24 heavy (non-hydrogen) atoms. The van der Waals surface area contributed by atoms with E-state index in [1.165, 1.54) is 6.92 Å². The highest BCUT2D eigenvalue weighted by atomic mass is 16.5. The summed E-state index contributed by atoms with van der Waals surface area (Å²) in [6.45, 7) is 5.54. The number of amides is 1. The molecule has 0 saturated heterocycles. The van der Waals surface area contributed by atoms with Gasteiger partial charge in [0, 0.05) is 30.9 Å². The van der Waals surface area contributed by atoms with Gasteiger partial charge in [0.05, 0.1) is 6.20 Å². The Kier molecular flexibility index (Phi) is 6.49. The number of carbonyl (C=O) groups is 1. The van der Waals surface area contributed by atoms with Crippen LogP contribution in [-0.2, 0) is 11.2 Å². The standard InChI is InChI=1S/C19H23N3O2/c1-4-5-17-9-10-18(13-20-17)24-19-11-8-16(12-21-19)7-6-14(2)22-15(3)23/h6-14H,4-5H2,1-3H3,(H,22,23)/b7-6+/t14-/m0/s1. The minimum Gasteiger partial charge on any atom is -0.437 e. The Morgan fingerprint density at radius 2 is 2.08 bits per heavy atom. The fourth-order valence-electron chi connectivity index (χ4n) is 2.17. The number of aromatic nitrogens is 2. The number of hydrogen-bond acceptors (Lipinski definition) is 4. The first-order valence-corrected chi connectivity index (χ1v) is 8.11. The van der Waals surface area contributed by atoms with E-state index in [0.29, 0.717) is 11.6 Å². The molecule has 5 heteroatoms. The van der Waals surface area contributed by atoms with Gasteiger partial charge >= 0.3 is 0 Å². The molecule has 1 N–H and O–H groups in total.